The van der Waals surface area contributed by atoms with Crippen molar-refractivity contribution in [3.05, 3.63) is 54.0 Å². The van der Waals surface area contributed by atoms with Crippen LogP contribution in [0.3, 0.4) is 0 Å². The van der Waals surface area contributed by atoms with Gasteiger partial charge in [-0.25, -0.2) is 4.98 Å². The van der Waals surface area contributed by atoms with Crippen molar-refractivity contribution in [1.29, 1.82) is 0 Å². The monoisotopic (exact) mass is 425 g/mol. The van der Waals surface area contributed by atoms with Gasteiger partial charge in [-0.2, -0.15) is 10.1 Å². The van der Waals surface area contributed by atoms with Crippen LogP contribution in [0.1, 0.15) is 11.1 Å². The van der Waals surface area contributed by atoms with Crippen LogP contribution >= 0.6 is 0 Å². The highest BCUT2D eigenvalue weighted by atomic mass is 16.5. The third-order valence-corrected chi connectivity index (χ3v) is 4.27. The minimum absolute atomic E-state index is 0.179. The lowest BCUT2D eigenvalue weighted by Gasteiger charge is -2.12. The number of methoxy groups -OCH3 is 4. The van der Waals surface area contributed by atoms with E-state index < -0.39 is 0 Å². The van der Waals surface area contributed by atoms with Crippen molar-refractivity contribution in [2.45, 2.75) is 6.54 Å². The van der Waals surface area contributed by atoms with Crippen molar-refractivity contribution in [2.75, 3.05) is 33.8 Å². The number of benzene rings is 1. The Morgan fingerprint density at radius 1 is 1.10 bits per heavy atom. The molecule has 0 atom stereocenters. The Hall–Kier alpha value is -4.08. The number of hydrogen-bond donors (Lipinski definition) is 1. The van der Waals surface area contributed by atoms with Crippen molar-refractivity contribution >= 4 is 17.7 Å². The Bertz CT molecular complexity index is 1080. The summed E-state index contributed by atoms with van der Waals surface area (Å²) in [6, 6.07) is 5.81. The summed E-state index contributed by atoms with van der Waals surface area (Å²) in [5, 5.41) is 7.05. The van der Waals surface area contributed by atoms with Gasteiger partial charge in [-0.05, 0) is 12.1 Å². The third kappa shape index (κ3) is 5.30. The lowest BCUT2D eigenvalue weighted by molar-refractivity contribution is -0.111. The number of nitrogens with zero attached hydrogens (tertiary/aromatic N) is 4. The second-order valence-corrected chi connectivity index (χ2v) is 6.22. The Kier molecular flexibility index (Phi) is 7.05. The average Bonchev–Trinajstić information content (AvgIpc) is 3.23. The molecule has 0 unspecified atom stereocenters. The summed E-state index contributed by atoms with van der Waals surface area (Å²) >= 11 is 0. The lowest BCUT2D eigenvalue weighted by Crippen LogP contribution is -2.07. The zero-order valence-corrected chi connectivity index (χ0v) is 17.7. The standard InChI is InChI=1S/C21H23N5O5/c1-28-17-7-5-6-15(19(17)29-2)12-26-13-16(11-23-26)24-18(27)9-8-14-10-22-21(31-4)25-20(14)30-3/h5-11,13H,12H2,1-4H3,(H,24,27)/b9-8+. The Morgan fingerprint density at radius 2 is 1.94 bits per heavy atom. The van der Waals surface area contributed by atoms with E-state index in [0.717, 1.165) is 5.56 Å². The smallest absolute Gasteiger partial charge is 0.319 e. The summed E-state index contributed by atoms with van der Waals surface area (Å²) in [5.74, 6) is 1.25. The number of carbonyl (C=O) groups excluding carboxylic acids is 1. The van der Waals surface area contributed by atoms with E-state index >= 15 is 0 Å². The van der Waals surface area contributed by atoms with Crippen LogP contribution in [0, 0.1) is 0 Å². The molecule has 3 aromatic rings. The molecule has 31 heavy (non-hydrogen) atoms. The molecule has 2 aromatic heterocycles. The van der Waals surface area contributed by atoms with Gasteiger partial charge in [0.1, 0.15) is 0 Å². The van der Waals surface area contributed by atoms with Crippen molar-refractivity contribution < 1.29 is 23.7 Å². The minimum Gasteiger partial charge on any atom is -0.493 e. The topological polar surface area (TPSA) is 110 Å². The largest absolute Gasteiger partial charge is 0.493 e. The molecule has 0 aliphatic rings. The molecule has 162 valence electrons. The number of amides is 1. The van der Waals surface area contributed by atoms with Gasteiger partial charge in [-0.1, -0.05) is 12.1 Å². The molecule has 2 heterocycles. The van der Waals surface area contributed by atoms with E-state index in [1.54, 1.807) is 37.4 Å². The summed E-state index contributed by atoms with van der Waals surface area (Å²) in [6.07, 6.45) is 7.71. The van der Waals surface area contributed by atoms with Crippen LogP contribution in [-0.2, 0) is 11.3 Å². The number of ether oxygens (including phenoxy) is 4. The Morgan fingerprint density at radius 3 is 2.65 bits per heavy atom. The molecule has 0 spiro atoms. The number of anilines is 1. The van der Waals surface area contributed by atoms with Crippen LogP contribution in [0.15, 0.2) is 42.9 Å². The molecule has 0 aliphatic carbocycles. The van der Waals surface area contributed by atoms with Gasteiger partial charge in [0.05, 0.1) is 52.4 Å². The lowest BCUT2D eigenvalue weighted by atomic mass is 10.2. The molecule has 0 radical (unpaired) electrons. The maximum atomic E-state index is 12.3. The first-order valence-corrected chi connectivity index (χ1v) is 9.24. The van der Waals surface area contributed by atoms with Crippen LogP contribution in [0.2, 0.25) is 0 Å². The van der Waals surface area contributed by atoms with Crippen LogP contribution in [0.5, 0.6) is 23.4 Å². The zero-order chi connectivity index (χ0) is 22.2. The first kappa shape index (κ1) is 21.6. The predicted molar refractivity (Wildman–Crippen MR) is 114 cm³/mol. The van der Waals surface area contributed by atoms with Gasteiger partial charge >= 0.3 is 6.01 Å². The highest BCUT2D eigenvalue weighted by Gasteiger charge is 2.11. The fraction of sp³-hybridized carbons (Fsp3) is 0.238. The molecule has 0 saturated carbocycles. The molecule has 10 nitrogen and oxygen atoms in total. The van der Waals surface area contributed by atoms with E-state index in [2.05, 4.69) is 20.4 Å². The summed E-state index contributed by atoms with van der Waals surface area (Å²) < 4.78 is 22.6. The van der Waals surface area contributed by atoms with Gasteiger partial charge in [0, 0.05) is 24.0 Å². The molecule has 0 saturated heterocycles. The number of hydrogen-bond acceptors (Lipinski definition) is 8. The highest BCUT2D eigenvalue weighted by molar-refractivity contribution is 6.01. The van der Waals surface area contributed by atoms with Gasteiger partial charge in [0.25, 0.3) is 0 Å². The molecule has 1 N–H and O–H groups in total. The summed E-state index contributed by atoms with van der Waals surface area (Å²) in [7, 11) is 6.11. The summed E-state index contributed by atoms with van der Waals surface area (Å²) in [6.45, 7) is 0.451. The molecule has 3 rings (SSSR count). The van der Waals surface area contributed by atoms with E-state index in [1.165, 1.54) is 26.5 Å². The van der Waals surface area contributed by atoms with Crippen LogP contribution in [-0.4, -0.2) is 54.1 Å². The van der Waals surface area contributed by atoms with Gasteiger partial charge in [-0.3, -0.25) is 9.48 Å². The van der Waals surface area contributed by atoms with Crippen molar-refractivity contribution in [3.63, 3.8) is 0 Å². The number of rotatable bonds is 9. The predicted octanol–water partition coefficient (Wildman–Crippen LogP) is 2.41. The summed E-state index contributed by atoms with van der Waals surface area (Å²) in [5.41, 5.74) is 1.99. The van der Waals surface area contributed by atoms with Crippen molar-refractivity contribution in [1.82, 2.24) is 19.7 Å². The van der Waals surface area contributed by atoms with Crippen molar-refractivity contribution in [3.8, 4) is 23.4 Å². The molecule has 0 bridgehead atoms. The van der Waals surface area contributed by atoms with E-state index in [4.69, 9.17) is 18.9 Å². The van der Waals surface area contributed by atoms with Crippen LogP contribution in [0.4, 0.5) is 5.69 Å². The van der Waals surface area contributed by atoms with Gasteiger partial charge < -0.3 is 24.3 Å². The fourth-order valence-corrected chi connectivity index (χ4v) is 2.85. The highest BCUT2D eigenvalue weighted by Crippen LogP contribution is 2.31. The molecule has 10 heteroatoms. The normalized spacial score (nSPS) is 10.7. The number of nitrogens with one attached hydrogen (secondary N) is 1. The van der Waals surface area contributed by atoms with Crippen molar-refractivity contribution in [2.24, 2.45) is 0 Å². The van der Waals surface area contributed by atoms with Gasteiger partial charge in [-0.15, -0.1) is 0 Å². The maximum Gasteiger partial charge on any atom is 0.319 e. The second kappa shape index (κ2) is 10.1. The second-order valence-electron chi connectivity index (χ2n) is 6.22. The SMILES string of the molecule is COc1ncc(/C=C/C(=O)Nc2cnn(Cc3cccc(OC)c3OC)c2)c(OC)n1. The summed E-state index contributed by atoms with van der Waals surface area (Å²) in [4.78, 5) is 20.4. The van der Waals surface area contributed by atoms with E-state index in [-0.39, 0.29) is 11.9 Å². The third-order valence-electron chi connectivity index (χ3n) is 4.27. The van der Waals surface area contributed by atoms with Crippen LogP contribution in [0.25, 0.3) is 6.08 Å². The number of aromatic nitrogens is 4. The first-order chi connectivity index (χ1) is 15.1. The van der Waals surface area contributed by atoms with E-state index in [1.807, 2.05) is 18.2 Å². The molecular formula is C21H23N5O5. The molecule has 1 amide bonds. The van der Waals surface area contributed by atoms with E-state index in [0.29, 0.717) is 35.2 Å². The van der Waals surface area contributed by atoms with Gasteiger partial charge in [0.2, 0.25) is 11.8 Å². The Balaban J connectivity index is 1.66. The fourth-order valence-electron chi connectivity index (χ4n) is 2.85. The molecule has 0 fully saturated rings. The minimum atomic E-state index is -0.337. The maximum absolute atomic E-state index is 12.3. The first-order valence-electron chi connectivity index (χ1n) is 9.24. The van der Waals surface area contributed by atoms with Gasteiger partial charge in [0.15, 0.2) is 11.5 Å². The Labute approximate surface area is 179 Å². The molecule has 1 aromatic carbocycles. The molecule has 0 aliphatic heterocycles. The average molecular weight is 425 g/mol. The van der Waals surface area contributed by atoms with Crippen LogP contribution < -0.4 is 24.3 Å². The zero-order valence-electron chi connectivity index (χ0n) is 17.7. The number of carbonyl (C=O) groups is 1. The quantitative estimate of drug-likeness (QED) is 0.521. The molecular weight excluding hydrogens is 402 g/mol. The van der Waals surface area contributed by atoms with E-state index in [9.17, 15) is 4.79 Å². The number of para-hydroxylation sites is 1.